The molecule has 2 saturated heterocycles. The summed E-state index contributed by atoms with van der Waals surface area (Å²) in [7, 11) is 0. The molecule has 2 fully saturated rings. The van der Waals surface area contributed by atoms with E-state index in [0.717, 1.165) is 49.9 Å². The van der Waals surface area contributed by atoms with E-state index in [1.807, 2.05) is 24.3 Å². The van der Waals surface area contributed by atoms with E-state index >= 15 is 0 Å². The Labute approximate surface area is 233 Å². The zero-order valence-corrected chi connectivity index (χ0v) is 22.5. The van der Waals surface area contributed by atoms with Gasteiger partial charge >= 0.3 is 0 Å². The van der Waals surface area contributed by atoms with Gasteiger partial charge in [-0.2, -0.15) is 0 Å². The maximum absolute atomic E-state index is 13.0. The molecule has 0 bridgehead atoms. The van der Waals surface area contributed by atoms with Crippen LogP contribution in [0.25, 0.3) is 11.1 Å². The molecule has 7 nitrogen and oxygen atoms in total. The van der Waals surface area contributed by atoms with Gasteiger partial charge < -0.3 is 4.90 Å². The number of rotatable bonds is 6. The normalized spacial score (nSPS) is 20.3. The van der Waals surface area contributed by atoms with Gasteiger partial charge in [0.25, 0.3) is 5.91 Å². The summed E-state index contributed by atoms with van der Waals surface area (Å²) in [6.45, 7) is 6.13. The molecule has 200 valence electrons. The second kappa shape index (κ2) is 10.9. The highest BCUT2D eigenvalue weighted by Gasteiger charge is 2.39. The van der Waals surface area contributed by atoms with E-state index in [0.29, 0.717) is 18.5 Å². The summed E-state index contributed by atoms with van der Waals surface area (Å²) in [5.41, 5.74) is 6.47. The van der Waals surface area contributed by atoms with Crippen LogP contribution in [0.2, 0.25) is 5.02 Å². The fraction of sp³-hybridized carbons (Fsp3) is 0.323. The summed E-state index contributed by atoms with van der Waals surface area (Å²) in [5.74, 6) is -0.767. The third-order valence-corrected chi connectivity index (χ3v) is 8.22. The molecule has 3 aliphatic heterocycles. The molecule has 1 atom stereocenters. The molecule has 39 heavy (non-hydrogen) atoms. The van der Waals surface area contributed by atoms with Crippen LogP contribution in [-0.4, -0.2) is 64.6 Å². The fourth-order valence-corrected chi connectivity index (χ4v) is 5.97. The third kappa shape index (κ3) is 5.62. The molecule has 3 amide bonds. The first-order valence-corrected chi connectivity index (χ1v) is 13.9. The molecule has 3 heterocycles. The highest BCUT2D eigenvalue weighted by Crippen LogP contribution is 2.29. The standard InChI is InChI=1S/C31H31ClN4O3/c32-26-7-5-23(6-8-26)24-3-1-2-21(16-24)18-34-12-14-35(15-13-34)19-22-4-9-27-25(17-22)20-36(31(27)39)28-10-11-29(37)33-30(28)38/h1-9,16-17,28H,10-15,18-20H2,(H,33,37,38). The van der Waals surface area contributed by atoms with Crippen molar-refractivity contribution in [3.05, 3.63) is 94.0 Å². The average molecular weight is 543 g/mol. The lowest BCUT2D eigenvalue weighted by Crippen LogP contribution is -2.52. The Morgan fingerprint density at radius 3 is 2.18 bits per heavy atom. The van der Waals surface area contributed by atoms with E-state index in [2.05, 4.69) is 57.6 Å². The van der Waals surface area contributed by atoms with Crippen LogP contribution < -0.4 is 5.32 Å². The van der Waals surface area contributed by atoms with E-state index < -0.39 is 6.04 Å². The van der Waals surface area contributed by atoms with Crippen molar-refractivity contribution in [3.8, 4) is 11.1 Å². The van der Waals surface area contributed by atoms with Gasteiger partial charge in [0.15, 0.2) is 0 Å². The van der Waals surface area contributed by atoms with Crippen molar-refractivity contribution in [1.82, 2.24) is 20.0 Å². The molecule has 6 rings (SSSR count). The number of nitrogens with one attached hydrogen (secondary N) is 1. The fourth-order valence-electron chi connectivity index (χ4n) is 5.84. The number of nitrogens with zero attached hydrogens (tertiary/aromatic N) is 3. The third-order valence-electron chi connectivity index (χ3n) is 7.97. The molecular weight excluding hydrogens is 512 g/mol. The van der Waals surface area contributed by atoms with Gasteiger partial charge in [-0.05, 0) is 58.5 Å². The predicted octanol–water partition coefficient (Wildman–Crippen LogP) is 4.09. The van der Waals surface area contributed by atoms with E-state index in [1.165, 1.54) is 22.3 Å². The summed E-state index contributed by atoms with van der Waals surface area (Å²) < 4.78 is 0. The van der Waals surface area contributed by atoms with Gasteiger partial charge in [0.05, 0.1) is 0 Å². The van der Waals surface area contributed by atoms with E-state index in [9.17, 15) is 14.4 Å². The zero-order chi connectivity index (χ0) is 26.9. The number of benzene rings is 3. The minimum Gasteiger partial charge on any atom is -0.322 e. The topological polar surface area (TPSA) is 73.0 Å². The van der Waals surface area contributed by atoms with Gasteiger partial charge in [-0.1, -0.05) is 54.1 Å². The molecule has 0 saturated carbocycles. The molecule has 0 aromatic heterocycles. The summed E-state index contributed by atoms with van der Waals surface area (Å²) in [4.78, 5) is 43.3. The number of amides is 3. The van der Waals surface area contributed by atoms with Gasteiger partial charge in [0.2, 0.25) is 11.8 Å². The van der Waals surface area contributed by atoms with Crippen LogP contribution in [0.15, 0.2) is 66.7 Å². The molecule has 3 aliphatic rings. The lowest BCUT2D eigenvalue weighted by Gasteiger charge is -2.34. The van der Waals surface area contributed by atoms with Gasteiger partial charge in [-0.25, -0.2) is 0 Å². The lowest BCUT2D eigenvalue weighted by molar-refractivity contribution is -0.136. The molecule has 0 aliphatic carbocycles. The highest BCUT2D eigenvalue weighted by atomic mass is 35.5. The quantitative estimate of drug-likeness (QED) is 0.475. The van der Waals surface area contributed by atoms with Gasteiger partial charge in [-0.3, -0.25) is 29.5 Å². The van der Waals surface area contributed by atoms with Crippen molar-refractivity contribution in [2.75, 3.05) is 26.2 Å². The van der Waals surface area contributed by atoms with Crippen molar-refractivity contribution in [2.24, 2.45) is 0 Å². The largest absolute Gasteiger partial charge is 0.322 e. The van der Waals surface area contributed by atoms with Crippen molar-refractivity contribution in [2.45, 2.75) is 38.5 Å². The maximum atomic E-state index is 13.0. The average Bonchev–Trinajstić information content (AvgIpc) is 3.25. The van der Waals surface area contributed by atoms with Crippen LogP contribution >= 0.6 is 11.6 Å². The molecule has 1 N–H and O–H groups in total. The van der Waals surface area contributed by atoms with Crippen LogP contribution in [-0.2, 0) is 29.2 Å². The first-order valence-electron chi connectivity index (χ1n) is 13.5. The predicted molar refractivity (Wildman–Crippen MR) is 150 cm³/mol. The number of imide groups is 1. The summed E-state index contributed by atoms with van der Waals surface area (Å²) in [6.07, 6.45) is 0.647. The number of hydrogen-bond donors (Lipinski definition) is 1. The number of piperazine rings is 1. The summed E-state index contributed by atoms with van der Waals surface area (Å²) in [5, 5.41) is 3.11. The zero-order valence-electron chi connectivity index (χ0n) is 21.7. The minimum atomic E-state index is -0.578. The molecule has 0 spiro atoms. The second-order valence-electron chi connectivity index (χ2n) is 10.7. The Balaban J connectivity index is 1.03. The lowest BCUT2D eigenvalue weighted by atomic mass is 10.0. The van der Waals surface area contributed by atoms with E-state index in [-0.39, 0.29) is 24.1 Å². The summed E-state index contributed by atoms with van der Waals surface area (Å²) in [6, 6.07) is 22.1. The first kappa shape index (κ1) is 25.7. The molecule has 3 aromatic carbocycles. The highest BCUT2D eigenvalue weighted by molar-refractivity contribution is 6.30. The van der Waals surface area contributed by atoms with Crippen molar-refractivity contribution in [1.29, 1.82) is 0 Å². The van der Waals surface area contributed by atoms with Gasteiger partial charge in [0.1, 0.15) is 6.04 Å². The monoisotopic (exact) mass is 542 g/mol. The van der Waals surface area contributed by atoms with Crippen LogP contribution in [0.4, 0.5) is 0 Å². The van der Waals surface area contributed by atoms with Gasteiger partial charge in [0, 0.05) is 62.8 Å². The molecule has 8 heteroatoms. The molecule has 1 unspecified atom stereocenters. The Morgan fingerprint density at radius 2 is 1.49 bits per heavy atom. The van der Waals surface area contributed by atoms with Crippen LogP contribution in [0.3, 0.4) is 0 Å². The smallest absolute Gasteiger partial charge is 0.255 e. The Kier molecular flexibility index (Phi) is 7.21. The van der Waals surface area contributed by atoms with Crippen molar-refractivity contribution >= 4 is 29.3 Å². The van der Waals surface area contributed by atoms with E-state index in [1.54, 1.807) is 4.90 Å². The van der Waals surface area contributed by atoms with Crippen LogP contribution in [0.1, 0.15) is 39.9 Å². The first-order chi connectivity index (χ1) is 18.9. The number of carbonyl (C=O) groups is 3. The molecule has 3 aromatic rings. The number of fused-ring (bicyclic) bond motifs is 1. The Hall–Kier alpha value is -3.52. The van der Waals surface area contributed by atoms with Crippen LogP contribution in [0.5, 0.6) is 0 Å². The summed E-state index contributed by atoms with van der Waals surface area (Å²) >= 11 is 6.05. The number of hydrogen-bond acceptors (Lipinski definition) is 5. The van der Waals surface area contributed by atoms with E-state index in [4.69, 9.17) is 11.6 Å². The van der Waals surface area contributed by atoms with Crippen molar-refractivity contribution < 1.29 is 14.4 Å². The SMILES string of the molecule is O=C1CCC(N2Cc3cc(CN4CCN(Cc5cccc(-c6ccc(Cl)cc6)c5)CC4)ccc3C2=O)C(=O)N1. The number of halogens is 1. The molecule has 0 radical (unpaired) electrons. The van der Waals surface area contributed by atoms with Gasteiger partial charge in [-0.15, -0.1) is 0 Å². The molecular formula is C31H31ClN4O3. The van der Waals surface area contributed by atoms with Crippen molar-refractivity contribution in [3.63, 3.8) is 0 Å². The number of piperidine rings is 1. The Morgan fingerprint density at radius 1 is 0.795 bits per heavy atom. The second-order valence-corrected chi connectivity index (χ2v) is 11.1. The Bertz CT molecular complexity index is 1420. The number of carbonyl (C=O) groups excluding carboxylic acids is 3. The maximum Gasteiger partial charge on any atom is 0.255 e. The minimum absolute atomic E-state index is 0.125. The van der Waals surface area contributed by atoms with Crippen LogP contribution in [0, 0.1) is 0 Å².